The first-order chi connectivity index (χ1) is 12.0. The molecule has 132 valence electrons. The van der Waals surface area contributed by atoms with Crippen molar-refractivity contribution in [2.45, 2.75) is 33.8 Å². The lowest BCUT2D eigenvalue weighted by molar-refractivity contribution is 0.280. The first-order valence-corrected chi connectivity index (χ1v) is 8.35. The molecule has 0 unspecified atom stereocenters. The van der Waals surface area contributed by atoms with Crippen LogP contribution in [0.15, 0.2) is 29.5 Å². The zero-order chi connectivity index (χ0) is 18.4. The Morgan fingerprint density at radius 3 is 2.76 bits per heavy atom. The standard InChI is InChI=1S/C18H22N4O2S/c1-4-13-7-5-6-11(2)16(13)21-18(25)22-20-9-15-14(10-23)8-19-12(3)17(15)24/h5-9,23-24H,4,10H2,1-3H3,(H2,21,22,25)/b20-9+. The molecule has 1 aromatic carbocycles. The summed E-state index contributed by atoms with van der Waals surface area (Å²) in [5.41, 5.74) is 7.32. The van der Waals surface area contributed by atoms with Crippen molar-refractivity contribution in [3.63, 3.8) is 0 Å². The second-order valence-corrected chi connectivity index (χ2v) is 5.98. The Kier molecular flexibility index (Phi) is 6.44. The SMILES string of the molecule is CCc1cccc(C)c1NC(=S)N/N=C/c1c(CO)cnc(C)c1O. The van der Waals surface area contributed by atoms with E-state index < -0.39 is 0 Å². The molecule has 0 atom stereocenters. The predicted octanol–water partition coefficient (Wildman–Crippen LogP) is 2.78. The highest BCUT2D eigenvalue weighted by atomic mass is 32.1. The number of aliphatic hydroxyl groups is 1. The molecule has 0 aliphatic rings. The van der Waals surface area contributed by atoms with Crippen molar-refractivity contribution in [2.75, 3.05) is 5.32 Å². The number of aromatic nitrogens is 1. The molecule has 2 rings (SSSR count). The second-order valence-electron chi connectivity index (χ2n) is 5.58. The Labute approximate surface area is 152 Å². The number of benzene rings is 1. The molecule has 0 bridgehead atoms. The third-order valence-electron chi connectivity index (χ3n) is 3.87. The number of hydrogen-bond donors (Lipinski definition) is 4. The fourth-order valence-electron chi connectivity index (χ4n) is 2.42. The quantitative estimate of drug-likeness (QED) is 0.373. The summed E-state index contributed by atoms with van der Waals surface area (Å²) in [4.78, 5) is 4.01. The van der Waals surface area contributed by atoms with Crippen LogP contribution in [0, 0.1) is 13.8 Å². The minimum absolute atomic E-state index is 0.0110. The molecule has 0 fully saturated rings. The van der Waals surface area contributed by atoms with Gasteiger partial charge in [0.15, 0.2) is 5.11 Å². The molecule has 0 spiro atoms. The van der Waals surface area contributed by atoms with E-state index >= 15 is 0 Å². The fourth-order valence-corrected chi connectivity index (χ4v) is 2.58. The van der Waals surface area contributed by atoms with Crippen molar-refractivity contribution in [1.82, 2.24) is 10.4 Å². The maximum absolute atomic E-state index is 10.1. The van der Waals surface area contributed by atoms with Gasteiger partial charge in [-0.15, -0.1) is 0 Å². The molecule has 0 aliphatic heterocycles. The van der Waals surface area contributed by atoms with Gasteiger partial charge < -0.3 is 15.5 Å². The number of thiocarbonyl (C=S) groups is 1. The van der Waals surface area contributed by atoms with Crippen molar-refractivity contribution in [3.05, 3.63) is 52.3 Å². The Hall–Kier alpha value is -2.51. The van der Waals surface area contributed by atoms with Crippen molar-refractivity contribution in [2.24, 2.45) is 5.10 Å². The predicted molar refractivity (Wildman–Crippen MR) is 104 cm³/mol. The van der Waals surface area contributed by atoms with Gasteiger partial charge in [-0.3, -0.25) is 10.4 Å². The first kappa shape index (κ1) is 18.8. The van der Waals surface area contributed by atoms with E-state index in [4.69, 9.17) is 12.2 Å². The van der Waals surface area contributed by atoms with Crippen LogP contribution in [-0.4, -0.2) is 26.5 Å². The molecule has 25 heavy (non-hydrogen) atoms. The first-order valence-electron chi connectivity index (χ1n) is 7.94. The van der Waals surface area contributed by atoms with Gasteiger partial charge in [-0.25, -0.2) is 0 Å². The molecule has 0 saturated heterocycles. The van der Waals surface area contributed by atoms with Crippen molar-refractivity contribution < 1.29 is 10.2 Å². The number of anilines is 1. The summed E-state index contributed by atoms with van der Waals surface area (Å²) in [6.45, 7) is 5.53. The fraction of sp³-hybridized carbons (Fsp3) is 0.278. The van der Waals surface area contributed by atoms with Crippen LogP contribution in [0.2, 0.25) is 0 Å². The van der Waals surface area contributed by atoms with Crippen molar-refractivity contribution >= 4 is 29.2 Å². The summed E-state index contributed by atoms with van der Waals surface area (Å²) in [6, 6.07) is 6.07. The number of aromatic hydroxyl groups is 1. The van der Waals surface area contributed by atoms with Crippen LogP contribution in [0.3, 0.4) is 0 Å². The molecule has 0 radical (unpaired) electrons. The van der Waals surface area contributed by atoms with Crippen LogP contribution in [0.4, 0.5) is 5.69 Å². The van der Waals surface area contributed by atoms with Gasteiger partial charge in [0, 0.05) is 23.0 Å². The second kappa shape index (κ2) is 8.55. The number of pyridine rings is 1. The van der Waals surface area contributed by atoms with Gasteiger partial charge in [-0.2, -0.15) is 5.10 Å². The zero-order valence-electron chi connectivity index (χ0n) is 14.5. The summed E-state index contributed by atoms with van der Waals surface area (Å²) in [7, 11) is 0. The number of para-hydroxylation sites is 1. The van der Waals surface area contributed by atoms with Crippen LogP contribution in [0.1, 0.15) is 34.9 Å². The summed E-state index contributed by atoms with van der Waals surface area (Å²) in [5.74, 6) is -0.0110. The number of hydrogen-bond acceptors (Lipinski definition) is 5. The minimum Gasteiger partial charge on any atom is -0.505 e. The molecular weight excluding hydrogens is 336 g/mol. The molecule has 1 heterocycles. The lowest BCUT2D eigenvalue weighted by atomic mass is 10.1. The van der Waals surface area contributed by atoms with E-state index in [2.05, 4.69) is 27.8 Å². The lowest BCUT2D eigenvalue weighted by Gasteiger charge is -2.14. The van der Waals surface area contributed by atoms with E-state index in [0.717, 1.165) is 23.2 Å². The van der Waals surface area contributed by atoms with Gasteiger partial charge in [0.2, 0.25) is 0 Å². The number of rotatable bonds is 5. The number of nitrogens with one attached hydrogen (secondary N) is 2. The highest BCUT2D eigenvalue weighted by Gasteiger charge is 2.09. The number of aryl methyl sites for hydroxylation is 3. The summed E-state index contributed by atoms with van der Waals surface area (Å²) in [5, 5.41) is 27.0. The smallest absolute Gasteiger partial charge is 0.191 e. The van der Waals surface area contributed by atoms with E-state index in [1.165, 1.54) is 12.4 Å². The van der Waals surface area contributed by atoms with Crippen LogP contribution < -0.4 is 10.7 Å². The van der Waals surface area contributed by atoms with E-state index in [-0.39, 0.29) is 12.4 Å². The van der Waals surface area contributed by atoms with E-state index in [0.29, 0.717) is 21.9 Å². The average Bonchev–Trinajstić information content (AvgIpc) is 2.60. The molecule has 0 aliphatic carbocycles. The Morgan fingerprint density at radius 2 is 2.08 bits per heavy atom. The maximum Gasteiger partial charge on any atom is 0.191 e. The summed E-state index contributed by atoms with van der Waals surface area (Å²) < 4.78 is 0. The van der Waals surface area contributed by atoms with Gasteiger partial charge in [0.05, 0.1) is 18.5 Å². The van der Waals surface area contributed by atoms with Gasteiger partial charge in [-0.05, 0) is 43.6 Å². The Morgan fingerprint density at radius 1 is 1.32 bits per heavy atom. The number of aliphatic hydroxyl groups excluding tert-OH is 1. The average molecular weight is 358 g/mol. The Balaban J connectivity index is 2.11. The normalized spacial score (nSPS) is 10.9. The largest absolute Gasteiger partial charge is 0.505 e. The van der Waals surface area contributed by atoms with Crippen LogP contribution in [-0.2, 0) is 13.0 Å². The summed E-state index contributed by atoms with van der Waals surface area (Å²) in [6.07, 6.45) is 3.82. The van der Waals surface area contributed by atoms with Gasteiger partial charge in [0.25, 0.3) is 0 Å². The van der Waals surface area contributed by atoms with E-state index in [1.54, 1.807) is 6.92 Å². The monoisotopic (exact) mass is 358 g/mol. The van der Waals surface area contributed by atoms with Crippen LogP contribution >= 0.6 is 12.2 Å². The van der Waals surface area contributed by atoms with Crippen molar-refractivity contribution in [1.29, 1.82) is 0 Å². The summed E-state index contributed by atoms with van der Waals surface area (Å²) >= 11 is 5.28. The van der Waals surface area contributed by atoms with E-state index in [9.17, 15) is 10.2 Å². The molecule has 0 amide bonds. The molecule has 6 nitrogen and oxygen atoms in total. The minimum atomic E-state index is -0.242. The molecular formula is C18H22N4O2S. The third kappa shape index (κ3) is 4.52. The maximum atomic E-state index is 10.1. The number of hydrazone groups is 1. The van der Waals surface area contributed by atoms with Gasteiger partial charge >= 0.3 is 0 Å². The Bertz CT molecular complexity index is 806. The van der Waals surface area contributed by atoms with Crippen LogP contribution in [0.25, 0.3) is 0 Å². The van der Waals surface area contributed by atoms with Gasteiger partial charge in [-0.1, -0.05) is 25.1 Å². The number of nitrogens with zero attached hydrogens (tertiary/aromatic N) is 2. The lowest BCUT2D eigenvalue weighted by Crippen LogP contribution is -2.25. The van der Waals surface area contributed by atoms with Crippen molar-refractivity contribution in [3.8, 4) is 5.75 Å². The molecule has 7 heteroatoms. The molecule has 2 aromatic rings. The van der Waals surface area contributed by atoms with E-state index in [1.807, 2.05) is 25.1 Å². The topological polar surface area (TPSA) is 89.8 Å². The zero-order valence-corrected chi connectivity index (χ0v) is 15.3. The third-order valence-corrected chi connectivity index (χ3v) is 4.06. The highest BCUT2D eigenvalue weighted by Crippen LogP contribution is 2.22. The van der Waals surface area contributed by atoms with Gasteiger partial charge in [0.1, 0.15) is 5.75 Å². The molecule has 4 N–H and O–H groups in total. The molecule has 1 aromatic heterocycles. The highest BCUT2D eigenvalue weighted by molar-refractivity contribution is 7.80. The molecule has 0 saturated carbocycles. The van der Waals surface area contributed by atoms with Crippen LogP contribution in [0.5, 0.6) is 5.75 Å².